The van der Waals surface area contributed by atoms with Crippen LogP contribution in [-0.4, -0.2) is 53.5 Å². The van der Waals surface area contributed by atoms with Gasteiger partial charge < -0.3 is 20.3 Å². The normalized spacial score (nSPS) is 13.7. The van der Waals surface area contributed by atoms with E-state index < -0.39 is 0 Å². The fraction of sp³-hybridized carbons (Fsp3) is 0.238. The molecule has 1 saturated heterocycles. The van der Waals surface area contributed by atoms with Crippen molar-refractivity contribution in [2.75, 3.05) is 48.1 Å². The molecule has 2 amide bonds. The lowest BCUT2D eigenvalue weighted by Crippen LogP contribution is -2.37. The number of halogens is 1. The first-order valence-corrected chi connectivity index (χ1v) is 11.3. The molecule has 4 rings (SSSR count). The van der Waals surface area contributed by atoms with E-state index in [4.69, 9.17) is 21.3 Å². The van der Waals surface area contributed by atoms with Crippen LogP contribution in [0.2, 0.25) is 5.15 Å². The first-order chi connectivity index (χ1) is 15.1. The van der Waals surface area contributed by atoms with Crippen LogP contribution in [-0.2, 0) is 4.74 Å². The molecule has 3 aromatic rings. The van der Waals surface area contributed by atoms with E-state index in [1.807, 2.05) is 18.4 Å². The number of pyridine rings is 1. The smallest absolute Gasteiger partial charge is 0.323 e. The average Bonchev–Trinajstić information content (AvgIpc) is 2.80. The number of ether oxygens (including phenoxy) is 1. The van der Waals surface area contributed by atoms with Crippen molar-refractivity contribution in [1.82, 2.24) is 15.0 Å². The van der Waals surface area contributed by atoms with Crippen molar-refractivity contribution in [3.8, 4) is 11.4 Å². The molecule has 31 heavy (non-hydrogen) atoms. The molecule has 1 aromatic carbocycles. The summed E-state index contributed by atoms with van der Waals surface area (Å²) in [6, 6.07) is 10.5. The number of rotatable bonds is 5. The zero-order valence-corrected chi connectivity index (χ0v) is 18.4. The fourth-order valence-electron chi connectivity index (χ4n) is 3.14. The minimum Gasteiger partial charge on any atom is -0.378 e. The standard InChI is InChI=1S/C21H21ClN6O2S/c1-31-17-18(22)26-19(27-20(17)28-9-11-30-12-10-28)14-4-6-15(7-5-14)24-21(29)25-16-3-2-8-23-13-16/h2-8,13H,9-12H2,1H3,(H2,24,25,29). The van der Waals surface area contributed by atoms with E-state index >= 15 is 0 Å². The minimum absolute atomic E-state index is 0.348. The summed E-state index contributed by atoms with van der Waals surface area (Å²) in [6.07, 6.45) is 5.19. The Kier molecular flexibility index (Phi) is 6.86. The minimum atomic E-state index is -0.348. The molecule has 1 aliphatic rings. The van der Waals surface area contributed by atoms with Crippen LogP contribution in [0.4, 0.5) is 22.0 Å². The Hall–Kier alpha value is -2.88. The van der Waals surface area contributed by atoms with Crippen LogP contribution < -0.4 is 15.5 Å². The van der Waals surface area contributed by atoms with E-state index in [2.05, 4.69) is 25.5 Å². The lowest BCUT2D eigenvalue weighted by atomic mass is 10.2. The van der Waals surface area contributed by atoms with E-state index in [-0.39, 0.29) is 6.03 Å². The molecule has 10 heteroatoms. The Morgan fingerprint density at radius 1 is 1.10 bits per heavy atom. The summed E-state index contributed by atoms with van der Waals surface area (Å²) >= 11 is 8.01. The highest BCUT2D eigenvalue weighted by molar-refractivity contribution is 7.98. The molecule has 0 radical (unpaired) electrons. The third-order valence-electron chi connectivity index (χ3n) is 4.64. The van der Waals surface area contributed by atoms with Gasteiger partial charge >= 0.3 is 6.03 Å². The van der Waals surface area contributed by atoms with Crippen molar-refractivity contribution >= 4 is 46.6 Å². The van der Waals surface area contributed by atoms with Crippen LogP contribution in [0, 0.1) is 0 Å². The number of benzene rings is 1. The van der Waals surface area contributed by atoms with Crippen molar-refractivity contribution in [1.29, 1.82) is 0 Å². The molecule has 8 nitrogen and oxygen atoms in total. The predicted molar refractivity (Wildman–Crippen MR) is 124 cm³/mol. The van der Waals surface area contributed by atoms with Gasteiger partial charge in [0.1, 0.15) is 11.0 Å². The van der Waals surface area contributed by atoms with Gasteiger partial charge in [-0.25, -0.2) is 14.8 Å². The number of urea groups is 1. The molecule has 3 heterocycles. The zero-order valence-electron chi connectivity index (χ0n) is 16.8. The monoisotopic (exact) mass is 456 g/mol. The number of nitrogens with zero attached hydrogens (tertiary/aromatic N) is 4. The number of hydrogen-bond acceptors (Lipinski definition) is 7. The summed E-state index contributed by atoms with van der Waals surface area (Å²) in [5.74, 6) is 1.36. The van der Waals surface area contributed by atoms with Gasteiger partial charge in [0.15, 0.2) is 5.82 Å². The maximum absolute atomic E-state index is 12.2. The molecular weight excluding hydrogens is 436 g/mol. The average molecular weight is 457 g/mol. The largest absolute Gasteiger partial charge is 0.378 e. The lowest BCUT2D eigenvalue weighted by molar-refractivity contribution is 0.122. The molecule has 0 unspecified atom stereocenters. The molecule has 0 aliphatic carbocycles. The second-order valence-electron chi connectivity index (χ2n) is 6.69. The molecule has 1 aliphatic heterocycles. The molecule has 0 atom stereocenters. The molecule has 0 bridgehead atoms. The number of amides is 2. The number of thioether (sulfide) groups is 1. The molecule has 0 spiro atoms. The van der Waals surface area contributed by atoms with E-state index in [9.17, 15) is 4.79 Å². The summed E-state index contributed by atoms with van der Waals surface area (Å²) in [5.41, 5.74) is 2.07. The Bertz CT molecular complexity index is 1050. The van der Waals surface area contributed by atoms with Crippen molar-refractivity contribution in [2.45, 2.75) is 4.90 Å². The summed E-state index contributed by atoms with van der Waals surface area (Å²) in [7, 11) is 0. The summed E-state index contributed by atoms with van der Waals surface area (Å²) < 4.78 is 5.45. The fourth-order valence-corrected chi connectivity index (χ4v) is 4.11. The maximum atomic E-state index is 12.2. The van der Waals surface area contributed by atoms with Gasteiger partial charge in [0.25, 0.3) is 0 Å². The lowest BCUT2D eigenvalue weighted by Gasteiger charge is -2.29. The second-order valence-corrected chi connectivity index (χ2v) is 7.87. The molecule has 2 N–H and O–H groups in total. The van der Waals surface area contributed by atoms with Crippen LogP contribution in [0.1, 0.15) is 0 Å². The number of carbonyl (C=O) groups is 1. The summed E-state index contributed by atoms with van der Waals surface area (Å²) in [5, 5.41) is 5.95. The van der Waals surface area contributed by atoms with Crippen molar-refractivity contribution in [3.05, 3.63) is 53.9 Å². The molecular formula is C21H21ClN6O2S. The predicted octanol–water partition coefficient (Wildman–Crippen LogP) is 4.39. The number of anilines is 3. The highest BCUT2D eigenvalue weighted by atomic mass is 35.5. The van der Waals surface area contributed by atoms with Gasteiger partial charge in [0.2, 0.25) is 0 Å². The van der Waals surface area contributed by atoms with Gasteiger partial charge in [0.05, 0.1) is 30.0 Å². The van der Waals surface area contributed by atoms with Crippen LogP contribution in [0.3, 0.4) is 0 Å². The number of morpholine rings is 1. The van der Waals surface area contributed by atoms with Gasteiger partial charge in [-0.3, -0.25) is 4.98 Å². The Balaban J connectivity index is 1.52. The van der Waals surface area contributed by atoms with Crippen LogP contribution in [0.15, 0.2) is 53.7 Å². The van der Waals surface area contributed by atoms with Crippen LogP contribution in [0.25, 0.3) is 11.4 Å². The van der Waals surface area contributed by atoms with Crippen molar-refractivity contribution in [2.24, 2.45) is 0 Å². The van der Waals surface area contributed by atoms with Gasteiger partial charge in [-0.05, 0) is 42.7 Å². The SMILES string of the molecule is CSc1c(Cl)nc(-c2ccc(NC(=O)Nc3cccnc3)cc2)nc1N1CCOCC1. The zero-order chi connectivity index (χ0) is 21.6. The molecule has 1 fully saturated rings. The van der Waals surface area contributed by atoms with Gasteiger partial charge in [0, 0.05) is 30.5 Å². The van der Waals surface area contributed by atoms with E-state index in [0.717, 1.165) is 29.4 Å². The van der Waals surface area contributed by atoms with Crippen LogP contribution >= 0.6 is 23.4 Å². The van der Waals surface area contributed by atoms with Crippen LogP contribution in [0.5, 0.6) is 0 Å². The first kappa shape index (κ1) is 21.4. The van der Waals surface area contributed by atoms with E-state index in [1.54, 1.807) is 36.7 Å². The first-order valence-electron chi connectivity index (χ1n) is 9.67. The maximum Gasteiger partial charge on any atom is 0.323 e. The van der Waals surface area contributed by atoms with Gasteiger partial charge in [-0.15, -0.1) is 11.8 Å². The van der Waals surface area contributed by atoms with E-state index in [1.165, 1.54) is 11.8 Å². The van der Waals surface area contributed by atoms with Crippen molar-refractivity contribution in [3.63, 3.8) is 0 Å². The number of carbonyl (C=O) groups excluding carboxylic acids is 1. The topological polar surface area (TPSA) is 92.3 Å². The highest BCUT2D eigenvalue weighted by Gasteiger charge is 2.21. The third kappa shape index (κ3) is 5.25. The Labute approximate surface area is 189 Å². The quantitative estimate of drug-likeness (QED) is 0.434. The second kappa shape index (κ2) is 9.95. The highest BCUT2D eigenvalue weighted by Crippen LogP contribution is 2.35. The number of aromatic nitrogens is 3. The Morgan fingerprint density at radius 2 is 1.84 bits per heavy atom. The number of nitrogens with one attached hydrogen (secondary N) is 2. The third-order valence-corrected chi connectivity index (χ3v) is 5.81. The molecule has 160 valence electrons. The summed E-state index contributed by atoms with van der Waals surface area (Å²) in [6.45, 7) is 2.84. The van der Waals surface area contributed by atoms with E-state index in [0.29, 0.717) is 35.6 Å². The van der Waals surface area contributed by atoms with Gasteiger partial charge in [-0.1, -0.05) is 11.6 Å². The summed E-state index contributed by atoms with van der Waals surface area (Å²) in [4.78, 5) is 28.4. The Morgan fingerprint density at radius 3 is 2.52 bits per heavy atom. The molecule has 2 aromatic heterocycles. The van der Waals surface area contributed by atoms with Crippen molar-refractivity contribution < 1.29 is 9.53 Å². The number of hydrogen-bond donors (Lipinski definition) is 2. The molecule has 0 saturated carbocycles. The van der Waals surface area contributed by atoms with Gasteiger partial charge in [-0.2, -0.15) is 0 Å².